The Kier molecular flexibility index (Phi) is 5.43. The van der Waals surface area contributed by atoms with Crippen molar-refractivity contribution >= 4 is 28.7 Å². The number of fused-ring (bicyclic) bond motifs is 1. The van der Waals surface area contributed by atoms with Crippen molar-refractivity contribution in [3.8, 4) is 5.75 Å². The van der Waals surface area contributed by atoms with Gasteiger partial charge in [-0.15, -0.1) is 0 Å². The number of aromatic amines is 1. The third-order valence-corrected chi connectivity index (χ3v) is 3.80. The van der Waals surface area contributed by atoms with Crippen molar-refractivity contribution in [3.63, 3.8) is 0 Å². The maximum Gasteiger partial charge on any atom is 0.249 e. The Hall–Kier alpha value is -1.77. The Morgan fingerprint density at radius 3 is 3.05 bits per heavy atom. The van der Waals surface area contributed by atoms with Crippen LogP contribution in [0.15, 0.2) is 23.4 Å². The number of H-pyrrole nitrogens is 1. The molecule has 21 heavy (non-hydrogen) atoms. The second-order valence-electron chi connectivity index (χ2n) is 4.22. The van der Waals surface area contributed by atoms with Crippen molar-refractivity contribution in [2.45, 2.75) is 17.3 Å². The predicted octanol–water partition coefficient (Wildman–Crippen LogP) is 1.06. The highest BCUT2D eigenvalue weighted by Gasteiger charge is 2.20. The number of hydrogen-bond acceptors (Lipinski definition) is 6. The molecule has 8 heteroatoms. The van der Waals surface area contributed by atoms with Gasteiger partial charge in [-0.2, -0.15) is 0 Å². The van der Waals surface area contributed by atoms with Crippen LogP contribution >= 0.6 is 11.8 Å². The van der Waals surface area contributed by atoms with Crippen molar-refractivity contribution in [2.75, 3.05) is 20.3 Å². The maximum atomic E-state index is 11.7. The first-order chi connectivity index (χ1) is 10.2. The molecule has 1 unspecified atom stereocenters. The summed E-state index contributed by atoms with van der Waals surface area (Å²) in [5.41, 5.74) is 3.79. The minimum atomic E-state index is -0.466. The molecular formula is C13H18N4O3S. The zero-order valence-electron chi connectivity index (χ0n) is 11.9. The number of amides is 1. The van der Waals surface area contributed by atoms with E-state index in [1.54, 1.807) is 0 Å². The predicted molar refractivity (Wildman–Crippen MR) is 81.1 cm³/mol. The molecular weight excluding hydrogens is 292 g/mol. The van der Waals surface area contributed by atoms with Crippen LogP contribution in [0, 0.1) is 0 Å². The Balaban J connectivity index is 2.19. The van der Waals surface area contributed by atoms with Crippen LogP contribution in [-0.2, 0) is 9.53 Å². The Morgan fingerprint density at radius 1 is 1.57 bits per heavy atom. The fraction of sp³-hybridized carbons (Fsp3) is 0.385. The van der Waals surface area contributed by atoms with Gasteiger partial charge in [0.05, 0.1) is 24.2 Å². The van der Waals surface area contributed by atoms with Crippen LogP contribution in [-0.4, -0.2) is 41.4 Å². The van der Waals surface area contributed by atoms with Crippen LogP contribution in [0.1, 0.15) is 6.92 Å². The van der Waals surface area contributed by atoms with E-state index in [0.717, 1.165) is 16.8 Å². The quantitative estimate of drug-likeness (QED) is 0.306. The van der Waals surface area contributed by atoms with Crippen LogP contribution in [0.3, 0.4) is 0 Å². The Morgan fingerprint density at radius 2 is 2.38 bits per heavy atom. The van der Waals surface area contributed by atoms with Crippen LogP contribution < -0.4 is 16.0 Å². The Labute approximate surface area is 126 Å². The van der Waals surface area contributed by atoms with Gasteiger partial charge in [0.25, 0.3) is 0 Å². The number of benzene rings is 1. The molecule has 114 valence electrons. The van der Waals surface area contributed by atoms with E-state index in [2.05, 4.69) is 15.4 Å². The molecule has 2 rings (SSSR count). The highest BCUT2D eigenvalue weighted by Crippen LogP contribution is 2.26. The van der Waals surface area contributed by atoms with E-state index in [1.165, 1.54) is 18.9 Å². The minimum absolute atomic E-state index is 0.245. The second kappa shape index (κ2) is 7.30. The molecule has 0 fully saturated rings. The summed E-state index contributed by atoms with van der Waals surface area (Å²) in [4.78, 5) is 19.2. The van der Waals surface area contributed by atoms with Crippen LogP contribution in [0.4, 0.5) is 0 Å². The molecule has 0 bridgehead atoms. The average Bonchev–Trinajstić information content (AvgIpc) is 2.88. The largest absolute Gasteiger partial charge is 0.494 e. The highest BCUT2D eigenvalue weighted by atomic mass is 32.2. The number of hydrogen-bond donors (Lipinski definition) is 3. The number of methoxy groups -OCH3 is 1. The number of nitrogens with two attached hydrogens (primary N) is 1. The number of nitrogens with one attached hydrogen (secondary N) is 2. The van der Waals surface area contributed by atoms with Crippen molar-refractivity contribution < 1.29 is 14.3 Å². The lowest BCUT2D eigenvalue weighted by molar-refractivity contribution is -0.121. The number of aromatic nitrogens is 2. The van der Waals surface area contributed by atoms with Gasteiger partial charge in [0.1, 0.15) is 11.0 Å². The smallest absolute Gasteiger partial charge is 0.249 e. The van der Waals surface area contributed by atoms with E-state index in [9.17, 15) is 4.79 Å². The van der Waals surface area contributed by atoms with Crippen molar-refractivity contribution in [2.24, 2.45) is 5.84 Å². The van der Waals surface area contributed by atoms with Gasteiger partial charge in [0.15, 0.2) is 5.16 Å². The first-order valence-corrected chi connectivity index (χ1v) is 7.34. The molecule has 1 atom stereocenters. The molecule has 7 nitrogen and oxygen atoms in total. The first kappa shape index (κ1) is 15.6. The summed E-state index contributed by atoms with van der Waals surface area (Å²) in [5.74, 6) is 5.64. The molecule has 1 amide bonds. The van der Waals surface area contributed by atoms with Crippen molar-refractivity contribution in [1.82, 2.24) is 15.4 Å². The lowest BCUT2D eigenvalue weighted by Gasteiger charge is -2.11. The number of carbonyl (C=O) groups excluding carboxylic acids is 1. The van der Waals surface area contributed by atoms with Gasteiger partial charge in [-0.3, -0.25) is 10.2 Å². The number of imidazole rings is 1. The Bertz CT molecular complexity index is 616. The standard InChI is InChI=1S/C13H18N4O3S/c1-3-20-8-4-5-9-10(6-8)16-13(15-9)21-11(7-19-2)12(18)17-14/h4-6,11H,3,7,14H2,1-2H3,(H,15,16)(H,17,18). The van der Waals surface area contributed by atoms with Crippen LogP contribution in [0.5, 0.6) is 5.75 Å². The number of hydrazine groups is 1. The lowest BCUT2D eigenvalue weighted by Crippen LogP contribution is -2.39. The number of ether oxygens (including phenoxy) is 2. The fourth-order valence-corrected chi connectivity index (χ4v) is 2.79. The van der Waals surface area contributed by atoms with Gasteiger partial charge in [0, 0.05) is 13.2 Å². The van der Waals surface area contributed by atoms with E-state index in [1.807, 2.05) is 25.1 Å². The van der Waals surface area contributed by atoms with E-state index in [4.69, 9.17) is 15.3 Å². The van der Waals surface area contributed by atoms with Gasteiger partial charge >= 0.3 is 0 Å². The third-order valence-electron chi connectivity index (χ3n) is 2.75. The number of thioether (sulfide) groups is 1. The summed E-state index contributed by atoms with van der Waals surface area (Å²) in [7, 11) is 1.53. The number of rotatable bonds is 7. The van der Waals surface area contributed by atoms with Crippen molar-refractivity contribution in [3.05, 3.63) is 18.2 Å². The highest BCUT2D eigenvalue weighted by molar-refractivity contribution is 8.00. The number of carbonyl (C=O) groups is 1. The van der Waals surface area contributed by atoms with E-state index in [0.29, 0.717) is 11.8 Å². The molecule has 1 heterocycles. The monoisotopic (exact) mass is 310 g/mol. The van der Waals surface area contributed by atoms with E-state index in [-0.39, 0.29) is 12.5 Å². The van der Waals surface area contributed by atoms with Gasteiger partial charge in [-0.1, -0.05) is 11.8 Å². The van der Waals surface area contributed by atoms with Gasteiger partial charge in [0.2, 0.25) is 5.91 Å². The third kappa shape index (κ3) is 3.87. The molecule has 0 aliphatic rings. The summed E-state index contributed by atoms with van der Waals surface area (Å²) in [6.45, 7) is 2.78. The lowest BCUT2D eigenvalue weighted by atomic mass is 10.3. The second-order valence-corrected chi connectivity index (χ2v) is 5.42. The van der Waals surface area contributed by atoms with E-state index < -0.39 is 5.25 Å². The molecule has 0 saturated heterocycles. The zero-order chi connectivity index (χ0) is 15.2. The number of nitrogens with zero attached hydrogens (tertiary/aromatic N) is 1. The molecule has 0 saturated carbocycles. The molecule has 2 aromatic rings. The topological polar surface area (TPSA) is 102 Å². The maximum absolute atomic E-state index is 11.7. The molecule has 4 N–H and O–H groups in total. The van der Waals surface area contributed by atoms with Gasteiger partial charge in [-0.25, -0.2) is 10.8 Å². The summed E-state index contributed by atoms with van der Waals surface area (Å²) < 4.78 is 10.5. The molecule has 0 radical (unpaired) electrons. The average molecular weight is 310 g/mol. The van der Waals surface area contributed by atoms with Gasteiger partial charge < -0.3 is 14.5 Å². The zero-order valence-corrected chi connectivity index (χ0v) is 12.7. The molecule has 0 aliphatic heterocycles. The van der Waals surface area contributed by atoms with Crippen molar-refractivity contribution in [1.29, 1.82) is 0 Å². The molecule has 0 aliphatic carbocycles. The summed E-state index contributed by atoms with van der Waals surface area (Å²) >= 11 is 1.27. The van der Waals surface area contributed by atoms with Crippen LogP contribution in [0.2, 0.25) is 0 Å². The summed E-state index contributed by atoms with van der Waals surface area (Å²) in [6, 6.07) is 5.61. The molecule has 1 aromatic heterocycles. The summed E-state index contributed by atoms with van der Waals surface area (Å²) in [5, 5.41) is 0.163. The van der Waals surface area contributed by atoms with E-state index >= 15 is 0 Å². The normalized spacial score (nSPS) is 12.3. The molecule has 1 aromatic carbocycles. The fourth-order valence-electron chi connectivity index (χ4n) is 1.82. The molecule has 0 spiro atoms. The van der Waals surface area contributed by atoms with Gasteiger partial charge in [-0.05, 0) is 19.1 Å². The SMILES string of the molecule is CCOc1ccc2nc(SC(COC)C(=O)NN)[nH]c2c1. The first-order valence-electron chi connectivity index (χ1n) is 6.46. The minimum Gasteiger partial charge on any atom is -0.494 e. The van der Waals surface area contributed by atoms with Crippen LogP contribution in [0.25, 0.3) is 11.0 Å². The summed E-state index contributed by atoms with van der Waals surface area (Å²) in [6.07, 6.45) is 0.